The molecule has 0 fully saturated rings. The first-order chi connectivity index (χ1) is 15.1. The summed E-state index contributed by atoms with van der Waals surface area (Å²) in [5, 5.41) is 7.50. The van der Waals surface area contributed by atoms with Crippen molar-refractivity contribution in [2.45, 2.75) is 18.9 Å². The van der Waals surface area contributed by atoms with Crippen molar-refractivity contribution in [2.75, 3.05) is 0 Å². The Morgan fingerprint density at radius 1 is 0.781 bits per heavy atom. The Kier molecular flexibility index (Phi) is 5.45. The van der Waals surface area contributed by atoms with Gasteiger partial charge in [-0.25, -0.2) is 0 Å². The van der Waals surface area contributed by atoms with Gasteiger partial charge in [0.25, 0.3) is 0 Å². The molecule has 10 heteroatoms. The average molecular weight is 448 g/mol. The van der Waals surface area contributed by atoms with Crippen molar-refractivity contribution in [1.29, 1.82) is 0 Å². The molecule has 0 saturated heterocycles. The summed E-state index contributed by atoms with van der Waals surface area (Å²) in [5.74, 6) is -0.121. The van der Waals surface area contributed by atoms with Crippen molar-refractivity contribution < 1.29 is 26.3 Å². The number of benzene rings is 2. The van der Waals surface area contributed by atoms with Crippen LogP contribution in [0.4, 0.5) is 26.3 Å². The van der Waals surface area contributed by atoms with Crippen molar-refractivity contribution >= 4 is 0 Å². The van der Waals surface area contributed by atoms with Gasteiger partial charge in [0.15, 0.2) is 5.82 Å². The third-order valence-electron chi connectivity index (χ3n) is 4.79. The summed E-state index contributed by atoms with van der Waals surface area (Å²) >= 11 is 0. The molecule has 0 aliphatic carbocycles. The SMILES string of the molecule is FC(F)(F)c1cc(-c2nncn2Cc2cnccc2-c2ccccc2)cc(C(F)(F)F)c1. The van der Waals surface area contributed by atoms with Gasteiger partial charge in [-0.1, -0.05) is 30.3 Å². The molecule has 0 spiro atoms. The van der Waals surface area contributed by atoms with Crippen LogP contribution in [0.1, 0.15) is 16.7 Å². The Morgan fingerprint density at radius 3 is 2.06 bits per heavy atom. The molecule has 0 saturated carbocycles. The van der Waals surface area contributed by atoms with E-state index >= 15 is 0 Å². The second-order valence-electron chi connectivity index (χ2n) is 6.98. The number of hydrogen-bond donors (Lipinski definition) is 0. The Bertz CT molecular complexity index is 1200. The van der Waals surface area contributed by atoms with Crippen LogP contribution in [-0.2, 0) is 18.9 Å². The van der Waals surface area contributed by atoms with E-state index in [9.17, 15) is 26.3 Å². The summed E-state index contributed by atoms with van der Waals surface area (Å²) in [5.41, 5.74) is -0.762. The third kappa shape index (κ3) is 4.48. The highest BCUT2D eigenvalue weighted by Gasteiger charge is 2.37. The van der Waals surface area contributed by atoms with E-state index in [1.807, 2.05) is 30.3 Å². The van der Waals surface area contributed by atoms with Crippen LogP contribution < -0.4 is 0 Å². The molecule has 0 aliphatic rings. The van der Waals surface area contributed by atoms with Gasteiger partial charge >= 0.3 is 12.4 Å². The molecule has 164 valence electrons. The van der Waals surface area contributed by atoms with Crippen LogP contribution in [0.15, 0.2) is 73.3 Å². The quantitative estimate of drug-likeness (QED) is 0.355. The first-order valence-electron chi connectivity index (χ1n) is 9.29. The smallest absolute Gasteiger partial charge is 0.309 e. The molecule has 0 amide bonds. The molecule has 0 N–H and O–H groups in total. The molecular weight excluding hydrogens is 434 g/mol. The van der Waals surface area contributed by atoms with Crippen molar-refractivity contribution in [3.63, 3.8) is 0 Å². The minimum atomic E-state index is -4.95. The largest absolute Gasteiger partial charge is 0.416 e. The molecule has 4 nitrogen and oxygen atoms in total. The van der Waals surface area contributed by atoms with Gasteiger partial charge in [0.2, 0.25) is 0 Å². The van der Waals surface area contributed by atoms with Gasteiger partial charge in [0, 0.05) is 18.0 Å². The number of alkyl halides is 6. The fourth-order valence-electron chi connectivity index (χ4n) is 3.31. The predicted octanol–water partition coefficient (Wildman–Crippen LogP) is 6.09. The molecule has 0 aliphatic heterocycles. The van der Waals surface area contributed by atoms with E-state index in [0.29, 0.717) is 17.7 Å². The first-order valence-corrected chi connectivity index (χ1v) is 9.29. The Morgan fingerprint density at radius 2 is 1.44 bits per heavy atom. The lowest BCUT2D eigenvalue weighted by Crippen LogP contribution is -2.12. The highest BCUT2D eigenvalue weighted by molar-refractivity contribution is 5.67. The standard InChI is InChI=1S/C22H14F6N4/c23-21(24,25)17-8-15(9-18(10-17)22(26,27)28)20-31-30-13-32(20)12-16-11-29-7-6-19(16)14-4-2-1-3-5-14/h1-11,13H,12H2. The summed E-state index contributed by atoms with van der Waals surface area (Å²) in [6.07, 6.45) is -5.47. The van der Waals surface area contributed by atoms with Crippen LogP contribution in [0, 0.1) is 0 Å². The molecular formula is C22H14F6N4. The van der Waals surface area contributed by atoms with Crippen molar-refractivity contribution in [3.8, 4) is 22.5 Å². The summed E-state index contributed by atoms with van der Waals surface area (Å²) in [6, 6.07) is 12.5. The minimum Gasteiger partial charge on any atom is -0.309 e. The first kappa shape index (κ1) is 21.5. The molecule has 2 heterocycles. The lowest BCUT2D eigenvalue weighted by Gasteiger charge is -2.15. The molecule has 0 radical (unpaired) electrons. The van der Waals surface area contributed by atoms with E-state index in [-0.39, 0.29) is 24.0 Å². The Labute approximate surface area is 178 Å². The van der Waals surface area contributed by atoms with Gasteiger partial charge in [0.05, 0.1) is 17.7 Å². The third-order valence-corrected chi connectivity index (χ3v) is 4.79. The summed E-state index contributed by atoms with van der Waals surface area (Å²) in [7, 11) is 0. The molecule has 4 aromatic rings. The molecule has 2 aromatic heterocycles. The van der Waals surface area contributed by atoms with E-state index in [0.717, 1.165) is 11.1 Å². The van der Waals surface area contributed by atoms with Crippen LogP contribution in [0.2, 0.25) is 0 Å². The fraction of sp³-hybridized carbons (Fsp3) is 0.136. The highest BCUT2D eigenvalue weighted by Crippen LogP contribution is 2.38. The van der Waals surface area contributed by atoms with Crippen molar-refractivity contribution in [3.05, 3.63) is 90.0 Å². The van der Waals surface area contributed by atoms with Crippen molar-refractivity contribution in [2.24, 2.45) is 0 Å². The monoisotopic (exact) mass is 448 g/mol. The second kappa shape index (κ2) is 8.10. The van der Waals surface area contributed by atoms with E-state index in [2.05, 4.69) is 15.2 Å². The molecule has 0 unspecified atom stereocenters. The Hall–Kier alpha value is -3.69. The van der Waals surface area contributed by atoms with Crippen LogP contribution in [0.5, 0.6) is 0 Å². The zero-order chi connectivity index (χ0) is 22.9. The zero-order valence-corrected chi connectivity index (χ0v) is 16.2. The molecule has 2 aromatic carbocycles. The summed E-state index contributed by atoms with van der Waals surface area (Å²) in [6.45, 7) is 0.0952. The van der Waals surface area contributed by atoms with Crippen LogP contribution in [0.25, 0.3) is 22.5 Å². The van der Waals surface area contributed by atoms with Gasteiger partial charge in [-0.05, 0) is 41.0 Å². The molecule has 0 atom stereocenters. The van der Waals surface area contributed by atoms with Gasteiger partial charge in [-0.15, -0.1) is 10.2 Å². The fourth-order valence-corrected chi connectivity index (χ4v) is 3.31. The average Bonchev–Trinajstić information content (AvgIpc) is 3.21. The van der Waals surface area contributed by atoms with Gasteiger partial charge in [0.1, 0.15) is 6.33 Å². The lowest BCUT2D eigenvalue weighted by molar-refractivity contribution is -0.143. The van der Waals surface area contributed by atoms with Crippen molar-refractivity contribution in [1.82, 2.24) is 19.7 Å². The number of halogens is 6. The summed E-state index contributed by atoms with van der Waals surface area (Å²) in [4.78, 5) is 4.09. The number of hydrogen-bond acceptors (Lipinski definition) is 3. The second-order valence-corrected chi connectivity index (χ2v) is 6.98. The summed E-state index contributed by atoms with van der Waals surface area (Å²) < 4.78 is 80.9. The minimum absolute atomic E-state index is 0.0822. The van der Waals surface area contributed by atoms with Gasteiger partial charge in [-0.2, -0.15) is 26.3 Å². The van der Waals surface area contributed by atoms with Gasteiger partial charge < -0.3 is 4.57 Å². The van der Waals surface area contributed by atoms with Crippen LogP contribution >= 0.6 is 0 Å². The lowest BCUT2D eigenvalue weighted by atomic mass is 10.0. The number of pyridine rings is 1. The topological polar surface area (TPSA) is 43.6 Å². The normalized spacial score (nSPS) is 12.2. The zero-order valence-electron chi connectivity index (χ0n) is 16.2. The highest BCUT2D eigenvalue weighted by atomic mass is 19.4. The molecule has 32 heavy (non-hydrogen) atoms. The molecule has 0 bridgehead atoms. The van der Waals surface area contributed by atoms with E-state index in [4.69, 9.17) is 0 Å². The van der Waals surface area contributed by atoms with Gasteiger partial charge in [-0.3, -0.25) is 4.98 Å². The predicted molar refractivity (Wildman–Crippen MR) is 104 cm³/mol. The van der Waals surface area contributed by atoms with E-state index in [1.54, 1.807) is 18.5 Å². The number of aromatic nitrogens is 4. The maximum atomic E-state index is 13.2. The molecule has 4 rings (SSSR count). The van der Waals surface area contributed by atoms with E-state index in [1.165, 1.54) is 10.9 Å². The Balaban J connectivity index is 1.78. The number of nitrogens with zero attached hydrogens (tertiary/aromatic N) is 4. The van der Waals surface area contributed by atoms with E-state index < -0.39 is 23.5 Å². The number of rotatable bonds is 4. The maximum Gasteiger partial charge on any atom is 0.416 e. The van der Waals surface area contributed by atoms with Crippen LogP contribution in [-0.4, -0.2) is 19.7 Å². The van der Waals surface area contributed by atoms with Crippen LogP contribution in [0.3, 0.4) is 0 Å². The maximum absolute atomic E-state index is 13.2.